The summed E-state index contributed by atoms with van der Waals surface area (Å²) in [5, 5.41) is 10.5. The largest absolute Gasteiger partial charge is 0.452 e. The number of nitro benzene ring substituents is 1. The molecule has 0 bridgehead atoms. The Balaban J connectivity index is 2.75. The van der Waals surface area contributed by atoms with Crippen molar-refractivity contribution < 1.29 is 14.5 Å². The van der Waals surface area contributed by atoms with Gasteiger partial charge in [0.2, 0.25) is 0 Å². The predicted molar refractivity (Wildman–Crippen MR) is 57.0 cm³/mol. The van der Waals surface area contributed by atoms with Crippen LogP contribution in [-0.2, 0) is 4.74 Å². The monoisotopic (exact) mass is 225 g/mol. The summed E-state index contributed by atoms with van der Waals surface area (Å²) < 4.78 is 4.35. The Labute approximate surface area is 91.5 Å². The summed E-state index contributed by atoms with van der Waals surface area (Å²) in [4.78, 5) is 20.8. The fourth-order valence-electron chi connectivity index (χ4n) is 1.07. The van der Waals surface area contributed by atoms with Crippen LogP contribution in [0.5, 0.6) is 0 Å². The van der Waals surface area contributed by atoms with Crippen LogP contribution in [0.2, 0.25) is 0 Å². The fraction of sp³-hybridized carbons (Fsp3) is 0.222. The molecule has 1 amide bonds. The number of carbonyl (C=O) groups is 1. The van der Waals surface area contributed by atoms with Crippen LogP contribution in [0, 0.1) is 17.0 Å². The molecule has 7 nitrogen and oxygen atoms in total. The number of ether oxygens (including phenoxy) is 1. The first-order chi connectivity index (χ1) is 7.54. The highest BCUT2D eigenvalue weighted by atomic mass is 16.6. The average Bonchev–Trinajstić information content (AvgIpc) is 2.26. The lowest BCUT2D eigenvalue weighted by Crippen LogP contribution is -2.29. The molecule has 1 rings (SSSR count). The highest BCUT2D eigenvalue weighted by molar-refractivity contribution is 5.70. The molecule has 0 aliphatic rings. The maximum absolute atomic E-state index is 10.8. The lowest BCUT2D eigenvalue weighted by Gasteiger charge is -2.09. The molecular weight excluding hydrogens is 214 g/mol. The van der Waals surface area contributed by atoms with Crippen LogP contribution in [0.4, 0.5) is 16.2 Å². The van der Waals surface area contributed by atoms with E-state index < -0.39 is 11.0 Å². The minimum Gasteiger partial charge on any atom is -0.452 e. The Bertz CT molecular complexity index is 419. The SMILES string of the molecule is COC(=O)NNc1ccc([N+](=O)[O-])cc1C. The quantitative estimate of drug-likeness (QED) is 0.601. The molecule has 2 N–H and O–H groups in total. The van der Waals surface area contributed by atoms with Gasteiger partial charge in [0.05, 0.1) is 17.7 Å². The van der Waals surface area contributed by atoms with Crippen molar-refractivity contribution in [2.24, 2.45) is 0 Å². The topological polar surface area (TPSA) is 93.5 Å². The van der Waals surface area contributed by atoms with Gasteiger partial charge >= 0.3 is 6.09 Å². The van der Waals surface area contributed by atoms with E-state index in [1.165, 1.54) is 25.3 Å². The van der Waals surface area contributed by atoms with Crippen molar-refractivity contribution in [3.05, 3.63) is 33.9 Å². The Morgan fingerprint density at radius 1 is 1.50 bits per heavy atom. The third-order valence-electron chi connectivity index (χ3n) is 1.91. The van der Waals surface area contributed by atoms with E-state index in [1.54, 1.807) is 6.92 Å². The minimum absolute atomic E-state index is 0.00104. The number of nitro groups is 1. The molecule has 0 aliphatic carbocycles. The van der Waals surface area contributed by atoms with Gasteiger partial charge in [0.15, 0.2) is 0 Å². The van der Waals surface area contributed by atoms with Gasteiger partial charge in [-0.2, -0.15) is 0 Å². The van der Waals surface area contributed by atoms with Crippen LogP contribution in [0.15, 0.2) is 18.2 Å². The number of nitrogens with zero attached hydrogens (tertiary/aromatic N) is 1. The maximum atomic E-state index is 10.8. The Morgan fingerprint density at radius 2 is 2.19 bits per heavy atom. The van der Waals surface area contributed by atoms with Crippen LogP contribution in [0.1, 0.15) is 5.56 Å². The molecule has 0 atom stereocenters. The number of carbonyl (C=O) groups excluding carboxylic acids is 1. The molecule has 7 heteroatoms. The summed E-state index contributed by atoms with van der Waals surface area (Å²) in [6.45, 7) is 1.69. The Kier molecular flexibility index (Phi) is 3.65. The van der Waals surface area contributed by atoms with Crippen LogP contribution in [0.25, 0.3) is 0 Å². The molecule has 0 saturated heterocycles. The number of hydrogen-bond acceptors (Lipinski definition) is 5. The smallest absolute Gasteiger partial charge is 0.425 e. The number of anilines is 1. The van der Waals surface area contributed by atoms with Crippen molar-refractivity contribution in [3.8, 4) is 0 Å². The Hall–Kier alpha value is -2.31. The molecule has 0 saturated carbocycles. The molecule has 1 aromatic rings. The number of aryl methyl sites for hydroxylation is 1. The first-order valence-corrected chi connectivity index (χ1v) is 4.39. The molecule has 0 aliphatic heterocycles. The molecule has 86 valence electrons. The van der Waals surface area contributed by atoms with E-state index in [2.05, 4.69) is 15.6 Å². The first kappa shape index (κ1) is 11.8. The summed E-state index contributed by atoms with van der Waals surface area (Å²) >= 11 is 0. The van der Waals surface area contributed by atoms with Crippen molar-refractivity contribution in [2.45, 2.75) is 6.92 Å². The molecule has 0 fully saturated rings. The predicted octanol–water partition coefficient (Wildman–Crippen LogP) is 1.59. The normalized spacial score (nSPS) is 9.38. The van der Waals surface area contributed by atoms with Crippen LogP contribution in [0.3, 0.4) is 0 Å². The van der Waals surface area contributed by atoms with Gasteiger partial charge in [-0.25, -0.2) is 10.2 Å². The number of benzene rings is 1. The van der Waals surface area contributed by atoms with Crippen molar-refractivity contribution in [3.63, 3.8) is 0 Å². The second kappa shape index (κ2) is 4.96. The van der Waals surface area contributed by atoms with Gasteiger partial charge in [-0.3, -0.25) is 15.5 Å². The highest BCUT2D eigenvalue weighted by Gasteiger charge is 2.08. The molecule has 0 heterocycles. The first-order valence-electron chi connectivity index (χ1n) is 4.39. The zero-order valence-corrected chi connectivity index (χ0v) is 8.81. The molecule has 0 aromatic heterocycles. The van der Waals surface area contributed by atoms with Crippen molar-refractivity contribution >= 4 is 17.5 Å². The van der Waals surface area contributed by atoms with Crippen molar-refractivity contribution in [1.29, 1.82) is 0 Å². The second-order valence-electron chi connectivity index (χ2n) is 3.00. The van der Waals surface area contributed by atoms with Gasteiger partial charge in [-0.05, 0) is 18.6 Å². The summed E-state index contributed by atoms with van der Waals surface area (Å²) in [6.07, 6.45) is -0.641. The number of hydrazine groups is 1. The third kappa shape index (κ3) is 2.84. The minimum atomic E-state index is -0.641. The number of hydrogen-bond donors (Lipinski definition) is 2. The molecule has 16 heavy (non-hydrogen) atoms. The highest BCUT2D eigenvalue weighted by Crippen LogP contribution is 2.20. The third-order valence-corrected chi connectivity index (χ3v) is 1.91. The van der Waals surface area contributed by atoms with E-state index in [-0.39, 0.29) is 5.69 Å². The molecular formula is C9H11N3O4. The molecule has 1 aromatic carbocycles. The lowest BCUT2D eigenvalue weighted by molar-refractivity contribution is -0.384. The summed E-state index contributed by atoms with van der Waals surface area (Å²) in [6, 6.07) is 4.25. The number of amides is 1. The van der Waals surface area contributed by atoms with E-state index >= 15 is 0 Å². The average molecular weight is 225 g/mol. The zero-order valence-electron chi connectivity index (χ0n) is 8.81. The van der Waals surface area contributed by atoms with Crippen molar-refractivity contribution in [2.75, 3.05) is 12.5 Å². The Morgan fingerprint density at radius 3 is 2.69 bits per heavy atom. The number of non-ortho nitro benzene ring substituents is 1. The van der Waals surface area contributed by atoms with Crippen LogP contribution >= 0.6 is 0 Å². The van der Waals surface area contributed by atoms with Crippen LogP contribution in [-0.4, -0.2) is 18.1 Å². The number of rotatable bonds is 3. The van der Waals surface area contributed by atoms with Gasteiger partial charge in [0.1, 0.15) is 0 Å². The van der Waals surface area contributed by atoms with Gasteiger partial charge in [-0.1, -0.05) is 0 Å². The lowest BCUT2D eigenvalue weighted by atomic mass is 10.2. The van der Waals surface area contributed by atoms with Gasteiger partial charge in [0.25, 0.3) is 5.69 Å². The van der Waals surface area contributed by atoms with Gasteiger partial charge in [0, 0.05) is 12.1 Å². The molecule has 0 radical (unpaired) electrons. The van der Waals surface area contributed by atoms with Crippen LogP contribution < -0.4 is 10.9 Å². The fourth-order valence-corrected chi connectivity index (χ4v) is 1.07. The molecule has 0 unspecified atom stereocenters. The van der Waals surface area contributed by atoms with E-state index in [0.29, 0.717) is 11.3 Å². The summed E-state index contributed by atoms with van der Waals surface area (Å²) in [7, 11) is 1.24. The van der Waals surface area contributed by atoms with Gasteiger partial charge < -0.3 is 4.74 Å². The van der Waals surface area contributed by atoms with Gasteiger partial charge in [-0.15, -0.1) is 0 Å². The van der Waals surface area contributed by atoms with E-state index in [9.17, 15) is 14.9 Å². The van der Waals surface area contributed by atoms with E-state index in [1.807, 2.05) is 0 Å². The summed E-state index contributed by atoms with van der Waals surface area (Å²) in [5.41, 5.74) is 6.05. The second-order valence-corrected chi connectivity index (χ2v) is 3.00. The number of methoxy groups -OCH3 is 1. The number of nitrogens with one attached hydrogen (secondary N) is 2. The summed E-state index contributed by atoms with van der Waals surface area (Å²) in [5.74, 6) is 0. The van der Waals surface area contributed by atoms with E-state index in [4.69, 9.17) is 0 Å². The van der Waals surface area contributed by atoms with Crippen molar-refractivity contribution in [1.82, 2.24) is 5.43 Å². The van der Waals surface area contributed by atoms with E-state index in [0.717, 1.165) is 0 Å². The maximum Gasteiger partial charge on any atom is 0.425 e. The molecule has 0 spiro atoms. The zero-order chi connectivity index (χ0) is 12.1. The standard InChI is InChI=1S/C9H11N3O4/c1-6-5-7(12(14)15)3-4-8(6)10-11-9(13)16-2/h3-5,10H,1-2H3,(H,11,13).